The summed E-state index contributed by atoms with van der Waals surface area (Å²) in [5.41, 5.74) is 0.869. The lowest BCUT2D eigenvalue weighted by Gasteiger charge is -2.29. The Morgan fingerprint density at radius 2 is 2.24 bits per heavy atom. The Morgan fingerprint density at radius 3 is 3.05 bits per heavy atom. The van der Waals surface area contributed by atoms with Gasteiger partial charge in [0.25, 0.3) is 0 Å². The van der Waals surface area contributed by atoms with Crippen molar-refractivity contribution in [1.29, 1.82) is 0 Å². The quantitative estimate of drug-likeness (QED) is 0.943. The molecule has 4 nitrogen and oxygen atoms in total. The number of thiazole rings is 1. The Bertz CT molecular complexity index is 614. The highest BCUT2D eigenvalue weighted by Gasteiger charge is 2.35. The van der Waals surface area contributed by atoms with E-state index in [9.17, 15) is 4.79 Å². The lowest BCUT2D eigenvalue weighted by Crippen LogP contribution is -2.39. The number of imidazole rings is 1. The smallest absolute Gasteiger partial charge is 0.226 e. The molecule has 0 radical (unpaired) electrons. The second kappa shape index (κ2) is 5.44. The van der Waals surface area contributed by atoms with Crippen molar-refractivity contribution in [2.45, 2.75) is 51.0 Å². The molecule has 2 aliphatic rings. The van der Waals surface area contributed by atoms with Gasteiger partial charge in [-0.3, -0.25) is 9.20 Å². The number of carbonyl (C=O) groups is 1. The predicted molar refractivity (Wildman–Crippen MR) is 83.4 cm³/mol. The average molecular weight is 303 g/mol. The van der Waals surface area contributed by atoms with Crippen molar-refractivity contribution < 1.29 is 4.79 Å². The number of carbonyl (C=O) groups excluding carboxylic acids is 1. The van der Waals surface area contributed by atoms with Crippen molar-refractivity contribution in [3.05, 3.63) is 23.5 Å². The molecule has 1 N–H and O–H groups in total. The van der Waals surface area contributed by atoms with E-state index >= 15 is 0 Å². The van der Waals surface area contributed by atoms with Gasteiger partial charge in [0.1, 0.15) is 0 Å². The van der Waals surface area contributed by atoms with Crippen molar-refractivity contribution >= 4 is 22.2 Å². The molecular weight excluding hydrogens is 282 g/mol. The van der Waals surface area contributed by atoms with Gasteiger partial charge < -0.3 is 5.32 Å². The standard InChI is InChI=1S/C16H21N3OS/c20-15(9-14-10-19-6-7-21-16(19)18-14)17-13-3-1-2-12(8-13)11-4-5-11/h6-7,10-13H,1-5,8-9H2,(H,17,20)/t12-,13-/m1/s1. The molecule has 2 atom stereocenters. The van der Waals surface area contributed by atoms with Crippen LogP contribution in [0.4, 0.5) is 0 Å². The zero-order valence-electron chi connectivity index (χ0n) is 12.1. The highest BCUT2D eigenvalue weighted by Crippen LogP contribution is 2.43. The van der Waals surface area contributed by atoms with Gasteiger partial charge in [-0.2, -0.15) is 0 Å². The van der Waals surface area contributed by atoms with Crippen molar-refractivity contribution in [1.82, 2.24) is 14.7 Å². The summed E-state index contributed by atoms with van der Waals surface area (Å²) in [6.07, 6.45) is 12.1. The van der Waals surface area contributed by atoms with Gasteiger partial charge in [-0.05, 0) is 37.5 Å². The molecule has 2 heterocycles. The monoisotopic (exact) mass is 303 g/mol. The van der Waals surface area contributed by atoms with Crippen molar-refractivity contribution in [3.63, 3.8) is 0 Å². The lowest BCUT2D eigenvalue weighted by atomic mass is 9.82. The van der Waals surface area contributed by atoms with E-state index < -0.39 is 0 Å². The maximum atomic E-state index is 12.2. The molecular formula is C16H21N3OS. The molecule has 2 aromatic rings. The molecule has 0 aliphatic heterocycles. The lowest BCUT2D eigenvalue weighted by molar-refractivity contribution is -0.121. The maximum Gasteiger partial charge on any atom is 0.226 e. The Kier molecular flexibility index (Phi) is 3.45. The molecule has 2 aromatic heterocycles. The minimum absolute atomic E-state index is 0.127. The van der Waals surface area contributed by atoms with Crippen LogP contribution in [0.3, 0.4) is 0 Å². The molecule has 5 heteroatoms. The zero-order valence-corrected chi connectivity index (χ0v) is 12.9. The van der Waals surface area contributed by atoms with Gasteiger partial charge in [0.2, 0.25) is 5.91 Å². The van der Waals surface area contributed by atoms with Crippen LogP contribution in [0.5, 0.6) is 0 Å². The van der Waals surface area contributed by atoms with Crippen LogP contribution in [0.15, 0.2) is 17.8 Å². The summed E-state index contributed by atoms with van der Waals surface area (Å²) in [5.74, 6) is 1.95. The van der Waals surface area contributed by atoms with Crippen molar-refractivity contribution in [2.24, 2.45) is 11.8 Å². The minimum Gasteiger partial charge on any atom is -0.353 e. The molecule has 0 aromatic carbocycles. The first-order chi connectivity index (χ1) is 10.3. The molecule has 2 saturated carbocycles. The third-order valence-electron chi connectivity index (χ3n) is 4.85. The molecule has 0 bridgehead atoms. The van der Waals surface area contributed by atoms with Gasteiger partial charge in [-0.1, -0.05) is 12.8 Å². The van der Waals surface area contributed by atoms with Gasteiger partial charge in [0, 0.05) is 23.8 Å². The van der Waals surface area contributed by atoms with Crippen LogP contribution in [0.1, 0.15) is 44.2 Å². The fraction of sp³-hybridized carbons (Fsp3) is 0.625. The molecule has 0 spiro atoms. The van der Waals surface area contributed by atoms with E-state index in [2.05, 4.69) is 10.3 Å². The first-order valence-corrected chi connectivity index (χ1v) is 8.86. The Morgan fingerprint density at radius 1 is 1.33 bits per heavy atom. The first-order valence-electron chi connectivity index (χ1n) is 7.98. The van der Waals surface area contributed by atoms with E-state index in [4.69, 9.17) is 0 Å². The molecule has 112 valence electrons. The summed E-state index contributed by atoms with van der Waals surface area (Å²) in [7, 11) is 0. The number of amides is 1. The van der Waals surface area contributed by atoms with Gasteiger partial charge in [0.05, 0.1) is 12.1 Å². The third-order valence-corrected chi connectivity index (χ3v) is 5.62. The fourth-order valence-electron chi connectivity index (χ4n) is 3.66. The zero-order chi connectivity index (χ0) is 14.2. The molecule has 2 aliphatic carbocycles. The molecule has 4 rings (SSSR count). The summed E-state index contributed by atoms with van der Waals surface area (Å²) in [4.78, 5) is 17.7. The van der Waals surface area contributed by atoms with Gasteiger partial charge in [-0.15, -0.1) is 11.3 Å². The molecule has 0 unspecified atom stereocenters. The number of fused-ring (bicyclic) bond motifs is 1. The normalized spacial score (nSPS) is 26.1. The van der Waals surface area contributed by atoms with E-state index in [1.54, 1.807) is 11.3 Å². The number of rotatable bonds is 4. The Labute approximate surface area is 128 Å². The van der Waals surface area contributed by atoms with Crippen molar-refractivity contribution in [3.8, 4) is 0 Å². The Balaban J connectivity index is 1.33. The second-order valence-electron chi connectivity index (χ2n) is 6.53. The number of aromatic nitrogens is 2. The van der Waals surface area contributed by atoms with Crippen LogP contribution >= 0.6 is 11.3 Å². The third kappa shape index (κ3) is 2.98. The van der Waals surface area contributed by atoms with Gasteiger partial charge >= 0.3 is 0 Å². The second-order valence-corrected chi connectivity index (χ2v) is 7.40. The Hall–Kier alpha value is -1.36. The summed E-state index contributed by atoms with van der Waals surface area (Å²) < 4.78 is 1.98. The molecule has 21 heavy (non-hydrogen) atoms. The number of nitrogens with one attached hydrogen (secondary N) is 1. The van der Waals surface area contributed by atoms with Crippen LogP contribution in [0.25, 0.3) is 4.96 Å². The molecule has 2 fully saturated rings. The highest BCUT2D eigenvalue weighted by atomic mass is 32.1. The van der Waals surface area contributed by atoms with E-state index in [1.165, 1.54) is 32.1 Å². The summed E-state index contributed by atoms with van der Waals surface area (Å²) in [6.45, 7) is 0. The van der Waals surface area contributed by atoms with Crippen molar-refractivity contribution in [2.75, 3.05) is 0 Å². The predicted octanol–water partition coefficient (Wildman–Crippen LogP) is 3.02. The minimum atomic E-state index is 0.127. The molecule has 0 saturated heterocycles. The summed E-state index contributed by atoms with van der Waals surface area (Å²) in [6, 6.07) is 0.389. The average Bonchev–Trinajstić information content (AvgIpc) is 3.11. The van der Waals surface area contributed by atoms with Crippen LogP contribution in [-0.4, -0.2) is 21.3 Å². The molecule has 1 amide bonds. The van der Waals surface area contributed by atoms with Crippen LogP contribution in [0, 0.1) is 11.8 Å². The van der Waals surface area contributed by atoms with Gasteiger partial charge in [0.15, 0.2) is 4.96 Å². The number of hydrogen-bond donors (Lipinski definition) is 1. The van der Waals surface area contributed by atoms with Crippen LogP contribution in [-0.2, 0) is 11.2 Å². The topological polar surface area (TPSA) is 46.4 Å². The number of nitrogens with zero attached hydrogens (tertiary/aromatic N) is 2. The summed E-state index contributed by atoms with van der Waals surface area (Å²) >= 11 is 1.60. The fourth-order valence-corrected chi connectivity index (χ4v) is 4.38. The van der Waals surface area contributed by atoms with Crippen LogP contribution < -0.4 is 5.32 Å². The highest BCUT2D eigenvalue weighted by molar-refractivity contribution is 7.15. The van der Waals surface area contributed by atoms with Crippen LogP contribution in [0.2, 0.25) is 0 Å². The van der Waals surface area contributed by atoms with E-state index in [0.717, 1.165) is 28.9 Å². The SMILES string of the molecule is O=C(Cc1cn2ccsc2n1)N[C@@H]1CCC[C@@H](C2CC2)C1. The number of hydrogen-bond acceptors (Lipinski definition) is 3. The maximum absolute atomic E-state index is 12.2. The first kappa shape index (κ1) is 13.3. The van der Waals surface area contributed by atoms with E-state index in [-0.39, 0.29) is 5.91 Å². The van der Waals surface area contributed by atoms with E-state index in [0.29, 0.717) is 12.5 Å². The van der Waals surface area contributed by atoms with E-state index in [1.807, 2.05) is 22.2 Å². The summed E-state index contributed by atoms with van der Waals surface area (Å²) in [5, 5.41) is 5.24. The largest absolute Gasteiger partial charge is 0.353 e. The van der Waals surface area contributed by atoms with Gasteiger partial charge in [-0.25, -0.2) is 4.98 Å².